The summed E-state index contributed by atoms with van der Waals surface area (Å²) in [5, 5.41) is 4.84. The molecule has 0 atom stereocenters. The molecule has 1 aliphatic carbocycles. The second-order valence-corrected chi connectivity index (χ2v) is 4.54. The molecule has 1 fully saturated rings. The third kappa shape index (κ3) is 2.15. The average molecular weight is 230 g/mol. The summed E-state index contributed by atoms with van der Waals surface area (Å²) >= 11 is 12.1. The van der Waals surface area contributed by atoms with Gasteiger partial charge in [0.1, 0.15) is 0 Å². The topological polar surface area (TPSA) is 12.0 Å². The fourth-order valence-corrected chi connectivity index (χ4v) is 2.42. The summed E-state index contributed by atoms with van der Waals surface area (Å²) in [7, 11) is 0. The van der Waals surface area contributed by atoms with E-state index >= 15 is 0 Å². The number of hydrogen-bond donors (Lipinski definition) is 1. The first kappa shape index (κ1) is 10.1. The van der Waals surface area contributed by atoms with Gasteiger partial charge in [-0.05, 0) is 25.0 Å². The van der Waals surface area contributed by atoms with Crippen molar-refractivity contribution in [3.8, 4) is 0 Å². The molecular weight excluding hydrogens is 217 g/mol. The Kier molecular flexibility index (Phi) is 3.19. The van der Waals surface area contributed by atoms with Gasteiger partial charge in [0.2, 0.25) is 0 Å². The lowest BCUT2D eigenvalue weighted by molar-refractivity contribution is 0.755. The minimum atomic E-state index is 0.549. The summed E-state index contributed by atoms with van der Waals surface area (Å²) in [6, 6.07) is 6.15. The van der Waals surface area contributed by atoms with E-state index in [0.717, 1.165) is 5.69 Å². The van der Waals surface area contributed by atoms with Crippen molar-refractivity contribution in [3.63, 3.8) is 0 Å². The maximum Gasteiger partial charge on any atom is 0.0721 e. The quantitative estimate of drug-likeness (QED) is 0.796. The molecule has 0 bridgehead atoms. The minimum absolute atomic E-state index is 0.549. The molecule has 1 aromatic carbocycles. The molecule has 0 heterocycles. The molecule has 0 saturated heterocycles. The van der Waals surface area contributed by atoms with Crippen LogP contribution in [-0.2, 0) is 0 Å². The van der Waals surface area contributed by atoms with Crippen molar-refractivity contribution in [2.75, 3.05) is 5.32 Å². The van der Waals surface area contributed by atoms with Gasteiger partial charge in [-0.3, -0.25) is 0 Å². The zero-order valence-electron chi connectivity index (χ0n) is 7.89. The van der Waals surface area contributed by atoms with Gasteiger partial charge in [0, 0.05) is 6.04 Å². The standard InChI is InChI=1S/C11H13Cl2N/c12-9-6-3-7-10(13)11(9)14-8-4-1-2-5-8/h3,6-8,14H,1-2,4-5H2. The van der Waals surface area contributed by atoms with Crippen molar-refractivity contribution in [1.82, 2.24) is 0 Å². The van der Waals surface area contributed by atoms with E-state index in [1.165, 1.54) is 25.7 Å². The van der Waals surface area contributed by atoms with Gasteiger partial charge >= 0.3 is 0 Å². The average Bonchev–Trinajstić information content (AvgIpc) is 2.64. The highest BCUT2D eigenvalue weighted by Crippen LogP contribution is 2.32. The first-order valence-corrected chi connectivity index (χ1v) is 5.73. The van der Waals surface area contributed by atoms with Gasteiger partial charge in [-0.1, -0.05) is 42.1 Å². The van der Waals surface area contributed by atoms with Crippen molar-refractivity contribution in [3.05, 3.63) is 28.2 Å². The molecule has 14 heavy (non-hydrogen) atoms. The number of para-hydroxylation sites is 1. The van der Waals surface area contributed by atoms with Gasteiger partial charge in [-0.2, -0.15) is 0 Å². The molecule has 3 heteroatoms. The maximum atomic E-state index is 6.06. The lowest BCUT2D eigenvalue weighted by atomic mass is 10.2. The molecule has 2 rings (SSSR count). The molecule has 1 saturated carbocycles. The number of anilines is 1. The fourth-order valence-electron chi connectivity index (χ4n) is 1.91. The maximum absolute atomic E-state index is 6.06. The summed E-state index contributed by atoms with van der Waals surface area (Å²) in [6.45, 7) is 0. The molecule has 1 aromatic rings. The molecule has 0 aliphatic heterocycles. The van der Waals surface area contributed by atoms with Crippen LogP contribution in [0.25, 0.3) is 0 Å². The van der Waals surface area contributed by atoms with Crippen LogP contribution in [-0.4, -0.2) is 6.04 Å². The van der Waals surface area contributed by atoms with Crippen LogP contribution in [0, 0.1) is 0 Å². The second kappa shape index (κ2) is 4.41. The summed E-state index contributed by atoms with van der Waals surface area (Å²) < 4.78 is 0. The first-order valence-electron chi connectivity index (χ1n) is 4.98. The summed E-state index contributed by atoms with van der Waals surface area (Å²) in [4.78, 5) is 0. The molecule has 1 aliphatic rings. The van der Waals surface area contributed by atoms with E-state index in [1.54, 1.807) is 0 Å². The predicted molar refractivity (Wildman–Crippen MR) is 62.3 cm³/mol. The number of rotatable bonds is 2. The smallest absolute Gasteiger partial charge is 0.0721 e. The Labute approximate surface area is 94.4 Å². The van der Waals surface area contributed by atoms with Crippen LogP contribution in [0.2, 0.25) is 10.0 Å². The van der Waals surface area contributed by atoms with Gasteiger partial charge in [0.05, 0.1) is 15.7 Å². The largest absolute Gasteiger partial charge is 0.380 e. The third-order valence-electron chi connectivity index (χ3n) is 2.67. The van der Waals surface area contributed by atoms with Crippen molar-refractivity contribution in [1.29, 1.82) is 0 Å². The highest BCUT2D eigenvalue weighted by molar-refractivity contribution is 6.39. The first-order chi connectivity index (χ1) is 6.77. The minimum Gasteiger partial charge on any atom is -0.380 e. The predicted octanol–water partition coefficient (Wildman–Crippen LogP) is 4.35. The zero-order valence-corrected chi connectivity index (χ0v) is 9.41. The van der Waals surface area contributed by atoms with Crippen LogP contribution in [0.3, 0.4) is 0 Å². The Morgan fingerprint density at radius 1 is 1.07 bits per heavy atom. The molecule has 1 N–H and O–H groups in total. The summed E-state index contributed by atoms with van der Waals surface area (Å²) in [6.07, 6.45) is 5.06. The van der Waals surface area contributed by atoms with Crippen LogP contribution < -0.4 is 5.32 Å². The number of nitrogens with one attached hydrogen (secondary N) is 1. The Bertz CT molecular complexity index is 299. The number of hydrogen-bond acceptors (Lipinski definition) is 1. The van der Waals surface area contributed by atoms with E-state index in [4.69, 9.17) is 23.2 Å². The normalized spacial score (nSPS) is 17.3. The highest BCUT2D eigenvalue weighted by atomic mass is 35.5. The van der Waals surface area contributed by atoms with Crippen molar-refractivity contribution in [2.45, 2.75) is 31.7 Å². The van der Waals surface area contributed by atoms with Crippen molar-refractivity contribution in [2.24, 2.45) is 0 Å². The Morgan fingerprint density at radius 2 is 1.64 bits per heavy atom. The summed E-state index contributed by atoms with van der Waals surface area (Å²) in [5.41, 5.74) is 0.891. The van der Waals surface area contributed by atoms with E-state index in [9.17, 15) is 0 Å². The van der Waals surface area contributed by atoms with Crippen LogP contribution in [0.15, 0.2) is 18.2 Å². The van der Waals surface area contributed by atoms with Gasteiger partial charge in [-0.15, -0.1) is 0 Å². The molecule has 0 spiro atoms. The van der Waals surface area contributed by atoms with Crippen LogP contribution >= 0.6 is 23.2 Å². The lowest BCUT2D eigenvalue weighted by Gasteiger charge is -2.15. The molecule has 0 aromatic heterocycles. The van der Waals surface area contributed by atoms with Gasteiger partial charge in [-0.25, -0.2) is 0 Å². The van der Waals surface area contributed by atoms with Crippen LogP contribution in [0.4, 0.5) is 5.69 Å². The summed E-state index contributed by atoms with van der Waals surface area (Å²) in [5.74, 6) is 0. The van der Waals surface area contributed by atoms with E-state index < -0.39 is 0 Å². The Morgan fingerprint density at radius 3 is 2.21 bits per heavy atom. The zero-order chi connectivity index (χ0) is 9.97. The number of halogens is 2. The van der Waals surface area contributed by atoms with Gasteiger partial charge in [0.15, 0.2) is 0 Å². The SMILES string of the molecule is Clc1cccc(Cl)c1NC1CCCC1. The van der Waals surface area contributed by atoms with E-state index in [1.807, 2.05) is 18.2 Å². The van der Waals surface area contributed by atoms with E-state index in [0.29, 0.717) is 16.1 Å². The monoisotopic (exact) mass is 229 g/mol. The molecule has 1 nitrogen and oxygen atoms in total. The van der Waals surface area contributed by atoms with Crippen molar-refractivity contribution >= 4 is 28.9 Å². The van der Waals surface area contributed by atoms with Crippen LogP contribution in [0.1, 0.15) is 25.7 Å². The van der Waals surface area contributed by atoms with E-state index in [2.05, 4.69) is 5.32 Å². The van der Waals surface area contributed by atoms with Crippen LogP contribution in [0.5, 0.6) is 0 Å². The fraction of sp³-hybridized carbons (Fsp3) is 0.455. The molecule has 0 amide bonds. The Hall–Kier alpha value is -0.400. The molecule has 0 unspecified atom stereocenters. The molecule has 76 valence electrons. The Balaban J connectivity index is 2.14. The second-order valence-electron chi connectivity index (χ2n) is 3.72. The number of benzene rings is 1. The lowest BCUT2D eigenvalue weighted by Crippen LogP contribution is -2.14. The molecule has 0 radical (unpaired) electrons. The van der Waals surface area contributed by atoms with Gasteiger partial charge in [0.25, 0.3) is 0 Å². The van der Waals surface area contributed by atoms with Crippen molar-refractivity contribution < 1.29 is 0 Å². The van der Waals surface area contributed by atoms with Gasteiger partial charge < -0.3 is 5.32 Å². The third-order valence-corrected chi connectivity index (χ3v) is 3.30. The highest BCUT2D eigenvalue weighted by Gasteiger charge is 2.16. The van der Waals surface area contributed by atoms with E-state index in [-0.39, 0.29) is 0 Å². The molecular formula is C11H13Cl2N.